The highest BCUT2D eigenvalue weighted by Crippen LogP contribution is 2.32. The molecule has 4 N–H and O–H groups in total. The molecule has 0 saturated heterocycles. The Morgan fingerprint density at radius 2 is 1.93 bits per heavy atom. The molecule has 0 fully saturated rings. The molecule has 2 heterocycles. The van der Waals surface area contributed by atoms with Gasteiger partial charge in [-0.25, -0.2) is 0 Å². The molecule has 0 unspecified atom stereocenters. The number of carbonyl (C=O) groups is 3. The van der Waals surface area contributed by atoms with Crippen LogP contribution in [-0.2, 0) is 17.9 Å². The Kier molecular flexibility index (Phi) is 5.60. The molecule has 0 spiro atoms. The summed E-state index contributed by atoms with van der Waals surface area (Å²) in [7, 11) is 0. The van der Waals surface area contributed by atoms with E-state index in [1.807, 2.05) is 29.6 Å². The fraction of sp³-hybridized carbons (Fsp3) is 0.136. The van der Waals surface area contributed by atoms with Crippen LogP contribution in [0.4, 0.5) is 11.4 Å². The van der Waals surface area contributed by atoms with Crippen molar-refractivity contribution < 1.29 is 14.4 Å². The first-order chi connectivity index (χ1) is 14.5. The van der Waals surface area contributed by atoms with Gasteiger partial charge in [0.15, 0.2) is 0 Å². The lowest BCUT2D eigenvalue weighted by atomic mass is 10.1. The zero-order valence-corrected chi connectivity index (χ0v) is 16.9. The van der Waals surface area contributed by atoms with E-state index in [1.54, 1.807) is 30.3 Å². The predicted molar refractivity (Wildman–Crippen MR) is 117 cm³/mol. The van der Waals surface area contributed by atoms with E-state index in [9.17, 15) is 14.4 Å². The van der Waals surface area contributed by atoms with Crippen molar-refractivity contribution in [3.05, 3.63) is 81.5 Å². The number of nitrogens with two attached hydrogens (primary N) is 1. The second-order valence-electron chi connectivity index (χ2n) is 6.86. The fourth-order valence-electron chi connectivity index (χ4n) is 3.30. The standard InChI is InChI=1S/C22H20N4O3S/c23-11-14-3-1-4-15(9-14)12-24-21(28)16-6-7-18-17(10-16)25-20(27)13-26(18)22(29)19-5-2-8-30-19/h1-10H,11-13,23H2,(H,24,28)(H,25,27). The Morgan fingerprint density at radius 3 is 2.70 bits per heavy atom. The van der Waals surface area contributed by atoms with Gasteiger partial charge < -0.3 is 16.4 Å². The maximum Gasteiger partial charge on any atom is 0.268 e. The third-order valence-corrected chi connectivity index (χ3v) is 5.64. The largest absolute Gasteiger partial charge is 0.348 e. The van der Waals surface area contributed by atoms with Crippen LogP contribution in [-0.4, -0.2) is 24.3 Å². The monoisotopic (exact) mass is 420 g/mol. The van der Waals surface area contributed by atoms with E-state index in [2.05, 4.69) is 10.6 Å². The van der Waals surface area contributed by atoms with Crippen LogP contribution in [0.5, 0.6) is 0 Å². The van der Waals surface area contributed by atoms with Crippen molar-refractivity contribution in [1.29, 1.82) is 0 Å². The quantitative estimate of drug-likeness (QED) is 0.590. The van der Waals surface area contributed by atoms with Crippen LogP contribution in [0.3, 0.4) is 0 Å². The highest BCUT2D eigenvalue weighted by molar-refractivity contribution is 7.12. The van der Waals surface area contributed by atoms with Gasteiger partial charge >= 0.3 is 0 Å². The maximum absolute atomic E-state index is 12.8. The van der Waals surface area contributed by atoms with Gasteiger partial charge in [-0.3, -0.25) is 19.3 Å². The van der Waals surface area contributed by atoms with Crippen LogP contribution in [0.2, 0.25) is 0 Å². The second-order valence-corrected chi connectivity index (χ2v) is 7.80. The predicted octanol–water partition coefficient (Wildman–Crippen LogP) is 2.74. The van der Waals surface area contributed by atoms with Crippen molar-refractivity contribution in [1.82, 2.24) is 5.32 Å². The summed E-state index contributed by atoms with van der Waals surface area (Å²) in [5, 5.41) is 7.43. The van der Waals surface area contributed by atoms with E-state index in [1.165, 1.54) is 16.2 Å². The molecule has 1 aliphatic heterocycles. The number of hydrogen-bond donors (Lipinski definition) is 3. The number of benzene rings is 2. The Hall–Kier alpha value is -3.49. The van der Waals surface area contributed by atoms with Crippen molar-refractivity contribution >= 4 is 40.4 Å². The fourth-order valence-corrected chi connectivity index (χ4v) is 3.97. The van der Waals surface area contributed by atoms with Crippen molar-refractivity contribution in [2.24, 2.45) is 5.73 Å². The molecule has 0 atom stereocenters. The summed E-state index contributed by atoms with van der Waals surface area (Å²) in [6.45, 7) is 0.735. The van der Waals surface area contributed by atoms with Gasteiger partial charge in [-0.15, -0.1) is 11.3 Å². The molecule has 1 aliphatic rings. The van der Waals surface area contributed by atoms with Gasteiger partial charge in [-0.05, 0) is 40.8 Å². The number of anilines is 2. The average Bonchev–Trinajstić information content (AvgIpc) is 3.31. The van der Waals surface area contributed by atoms with E-state index in [4.69, 9.17) is 5.73 Å². The topological polar surface area (TPSA) is 105 Å². The Balaban J connectivity index is 1.52. The highest BCUT2D eigenvalue weighted by atomic mass is 32.1. The average molecular weight is 420 g/mol. The molecule has 4 rings (SSSR count). The van der Waals surface area contributed by atoms with Gasteiger partial charge in [0.1, 0.15) is 6.54 Å². The van der Waals surface area contributed by atoms with Crippen LogP contribution < -0.4 is 21.3 Å². The van der Waals surface area contributed by atoms with Gasteiger partial charge in [0, 0.05) is 18.7 Å². The molecule has 0 saturated carbocycles. The molecule has 3 amide bonds. The number of thiophene rings is 1. The number of rotatable bonds is 5. The number of amides is 3. The minimum absolute atomic E-state index is 0.0627. The third kappa shape index (κ3) is 4.10. The molecular weight excluding hydrogens is 400 g/mol. The molecule has 152 valence electrons. The summed E-state index contributed by atoms with van der Waals surface area (Å²) < 4.78 is 0. The molecule has 3 aromatic rings. The van der Waals surface area contributed by atoms with Gasteiger partial charge in [0.05, 0.1) is 16.3 Å². The maximum atomic E-state index is 12.8. The minimum atomic E-state index is -0.302. The van der Waals surface area contributed by atoms with Crippen molar-refractivity contribution in [3.8, 4) is 0 Å². The molecule has 2 aromatic carbocycles. The van der Waals surface area contributed by atoms with Gasteiger partial charge in [-0.1, -0.05) is 30.3 Å². The lowest BCUT2D eigenvalue weighted by Crippen LogP contribution is -2.42. The highest BCUT2D eigenvalue weighted by Gasteiger charge is 2.28. The zero-order chi connectivity index (χ0) is 21.1. The molecule has 7 nitrogen and oxygen atoms in total. The molecular formula is C22H20N4O3S. The molecule has 1 aromatic heterocycles. The van der Waals surface area contributed by atoms with Gasteiger partial charge in [-0.2, -0.15) is 0 Å². The van der Waals surface area contributed by atoms with E-state index < -0.39 is 0 Å². The van der Waals surface area contributed by atoms with Gasteiger partial charge in [0.2, 0.25) is 5.91 Å². The van der Waals surface area contributed by atoms with Crippen molar-refractivity contribution in [2.45, 2.75) is 13.1 Å². The van der Waals surface area contributed by atoms with Crippen LogP contribution >= 0.6 is 11.3 Å². The molecule has 8 heteroatoms. The van der Waals surface area contributed by atoms with Gasteiger partial charge in [0.25, 0.3) is 11.8 Å². The summed E-state index contributed by atoms with van der Waals surface area (Å²) in [4.78, 5) is 39.5. The first kappa shape index (κ1) is 19.8. The first-order valence-electron chi connectivity index (χ1n) is 9.40. The molecule has 30 heavy (non-hydrogen) atoms. The van der Waals surface area contributed by atoms with Crippen molar-refractivity contribution in [3.63, 3.8) is 0 Å². The SMILES string of the molecule is NCc1cccc(CNC(=O)c2ccc3c(c2)NC(=O)CN3C(=O)c2cccs2)c1. The summed E-state index contributed by atoms with van der Waals surface area (Å²) in [6.07, 6.45) is 0. The van der Waals surface area contributed by atoms with E-state index >= 15 is 0 Å². The van der Waals surface area contributed by atoms with Crippen LogP contribution in [0, 0.1) is 0 Å². The molecule has 0 bridgehead atoms. The lowest BCUT2D eigenvalue weighted by Gasteiger charge is -2.29. The number of carbonyl (C=O) groups excluding carboxylic acids is 3. The van der Waals surface area contributed by atoms with Crippen LogP contribution in [0.1, 0.15) is 31.2 Å². The molecule has 0 aliphatic carbocycles. The normalized spacial score (nSPS) is 12.8. The second kappa shape index (κ2) is 8.48. The van der Waals surface area contributed by atoms with Crippen LogP contribution in [0.25, 0.3) is 0 Å². The van der Waals surface area contributed by atoms with E-state index in [0.29, 0.717) is 34.9 Å². The Labute approximate surface area is 177 Å². The van der Waals surface area contributed by atoms with E-state index in [0.717, 1.165) is 11.1 Å². The number of nitrogens with one attached hydrogen (secondary N) is 2. The lowest BCUT2D eigenvalue weighted by molar-refractivity contribution is -0.115. The Morgan fingerprint density at radius 1 is 1.10 bits per heavy atom. The number of nitrogens with zero attached hydrogens (tertiary/aromatic N) is 1. The molecule has 0 radical (unpaired) electrons. The Bertz CT molecular complexity index is 1110. The zero-order valence-electron chi connectivity index (χ0n) is 16.1. The third-order valence-electron chi connectivity index (χ3n) is 4.78. The van der Waals surface area contributed by atoms with Crippen LogP contribution in [0.15, 0.2) is 60.0 Å². The van der Waals surface area contributed by atoms with Crippen molar-refractivity contribution in [2.75, 3.05) is 16.8 Å². The minimum Gasteiger partial charge on any atom is -0.348 e. The smallest absolute Gasteiger partial charge is 0.268 e. The summed E-state index contributed by atoms with van der Waals surface area (Å²) in [6, 6.07) is 16.1. The number of hydrogen-bond acceptors (Lipinski definition) is 5. The summed E-state index contributed by atoms with van der Waals surface area (Å²) in [5.41, 5.74) is 9.01. The summed E-state index contributed by atoms with van der Waals surface area (Å²) in [5.74, 6) is -0.812. The first-order valence-corrected chi connectivity index (χ1v) is 10.3. The number of fused-ring (bicyclic) bond motifs is 1. The summed E-state index contributed by atoms with van der Waals surface area (Å²) >= 11 is 1.32. The van der Waals surface area contributed by atoms with E-state index in [-0.39, 0.29) is 24.3 Å².